The van der Waals surface area contributed by atoms with E-state index in [0.29, 0.717) is 6.61 Å². The summed E-state index contributed by atoms with van der Waals surface area (Å²) < 4.78 is 6.60. The van der Waals surface area contributed by atoms with E-state index in [1.807, 2.05) is 43.3 Å². The normalized spacial score (nSPS) is 12.2. The SMILES string of the molecule is CC(NC(=O)COCc1nc2ccccc2s1)c1ccncc1. The van der Waals surface area contributed by atoms with Gasteiger partial charge in [-0.1, -0.05) is 12.1 Å². The molecule has 0 fully saturated rings. The van der Waals surface area contributed by atoms with E-state index in [-0.39, 0.29) is 18.6 Å². The number of thiazole rings is 1. The second-order valence-electron chi connectivity index (χ2n) is 5.14. The number of carbonyl (C=O) groups is 1. The maximum Gasteiger partial charge on any atom is 0.246 e. The molecular formula is C17H17N3O2S. The minimum atomic E-state index is -0.143. The van der Waals surface area contributed by atoms with Crippen LogP contribution in [-0.2, 0) is 16.1 Å². The minimum Gasteiger partial charge on any atom is -0.364 e. The first-order chi connectivity index (χ1) is 11.2. The van der Waals surface area contributed by atoms with Crippen molar-refractivity contribution in [2.45, 2.75) is 19.6 Å². The third-order valence-electron chi connectivity index (χ3n) is 3.38. The third-order valence-corrected chi connectivity index (χ3v) is 4.39. The van der Waals surface area contributed by atoms with E-state index in [4.69, 9.17) is 4.74 Å². The molecule has 3 aromatic rings. The van der Waals surface area contributed by atoms with Gasteiger partial charge in [0.15, 0.2) is 0 Å². The molecule has 5 nitrogen and oxygen atoms in total. The first-order valence-corrected chi connectivity index (χ1v) is 8.15. The molecule has 1 amide bonds. The van der Waals surface area contributed by atoms with Crippen LogP contribution in [0.1, 0.15) is 23.5 Å². The van der Waals surface area contributed by atoms with Crippen LogP contribution in [0.2, 0.25) is 0 Å². The molecule has 23 heavy (non-hydrogen) atoms. The summed E-state index contributed by atoms with van der Waals surface area (Å²) in [6.45, 7) is 2.29. The standard InChI is InChI=1S/C17H17N3O2S/c1-12(13-6-8-18-9-7-13)19-16(21)10-22-11-17-20-14-4-2-3-5-15(14)23-17/h2-9,12H,10-11H2,1H3,(H,19,21). The number of fused-ring (bicyclic) bond motifs is 1. The lowest BCUT2D eigenvalue weighted by Crippen LogP contribution is -2.30. The Bertz CT molecular complexity index is 756. The Balaban J connectivity index is 1.47. The molecule has 0 bridgehead atoms. The lowest BCUT2D eigenvalue weighted by atomic mass is 10.1. The number of nitrogens with one attached hydrogen (secondary N) is 1. The van der Waals surface area contributed by atoms with Crippen molar-refractivity contribution in [2.75, 3.05) is 6.61 Å². The molecule has 118 valence electrons. The summed E-state index contributed by atoms with van der Waals surface area (Å²) in [7, 11) is 0. The van der Waals surface area contributed by atoms with Gasteiger partial charge in [0.1, 0.15) is 11.6 Å². The van der Waals surface area contributed by atoms with Crippen LogP contribution in [-0.4, -0.2) is 22.5 Å². The number of para-hydroxylation sites is 1. The van der Waals surface area contributed by atoms with Crippen LogP contribution in [0.15, 0.2) is 48.8 Å². The molecule has 0 aliphatic carbocycles. The highest BCUT2D eigenvalue weighted by atomic mass is 32.1. The molecule has 2 heterocycles. The van der Waals surface area contributed by atoms with Crippen molar-refractivity contribution in [1.82, 2.24) is 15.3 Å². The van der Waals surface area contributed by atoms with Crippen LogP contribution in [0.25, 0.3) is 10.2 Å². The van der Waals surface area contributed by atoms with Gasteiger partial charge in [0, 0.05) is 12.4 Å². The fourth-order valence-electron chi connectivity index (χ4n) is 2.23. The molecule has 1 atom stereocenters. The third kappa shape index (κ3) is 4.12. The van der Waals surface area contributed by atoms with Crippen molar-refractivity contribution in [2.24, 2.45) is 0 Å². The summed E-state index contributed by atoms with van der Waals surface area (Å²) in [5.41, 5.74) is 1.98. The fourth-order valence-corrected chi connectivity index (χ4v) is 3.14. The molecule has 1 aromatic carbocycles. The van der Waals surface area contributed by atoms with E-state index >= 15 is 0 Å². The van der Waals surface area contributed by atoms with Crippen molar-refractivity contribution in [3.63, 3.8) is 0 Å². The number of hydrogen-bond donors (Lipinski definition) is 1. The van der Waals surface area contributed by atoms with Gasteiger partial charge in [0.2, 0.25) is 5.91 Å². The van der Waals surface area contributed by atoms with E-state index < -0.39 is 0 Å². The smallest absolute Gasteiger partial charge is 0.246 e. The van der Waals surface area contributed by atoms with E-state index in [2.05, 4.69) is 15.3 Å². The van der Waals surface area contributed by atoms with Gasteiger partial charge in [-0.05, 0) is 36.8 Å². The molecule has 1 unspecified atom stereocenters. The largest absolute Gasteiger partial charge is 0.364 e. The summed E-state index contributed by atoms with van der Waals surface area (Å²) in [6, 6.07) is 11.6. The fraction of sp³-hybridized carbons (Fsp3) is 0.235. The lowest BCUT2D eigenvalue weighted by molar-refractivity contribution is -0.126. The first kappa shape index (κ1) is 15.6. The number of nitrogens with zero attached hydrogens (tertiary/aromatic N) is 2. The van der Waals surface area contributed by atoms with Crippen LogP contribution in [0.5, 0.6) is 0 Å². The molecule has 6 heteroatoms. The Morgan fingerprint density at radius 3 is 2.83 bits per heavy atom. The maximum absolute atomic E-state index is 11.9. The Morgan fingerprint density at radius 2 is 2.04 bits per heavy atom. The topological polar surface area (TPSA) is 64.1 Å². The second kappa shape index (κ2) is 7.30. The second-order valence-corrected chi connectivity index (χ2v) is 6.25. The highest BCUT2D eigenvalue weighted by Gasteiger charge is 2.10. The van der Waals surface area contributed by atoms with Crippen LogP contribution < -0.4 is 5.32 Å². The number of carbonyl (C=O) groups excluding carboxylic acids is 1. The summed E-state index contributed by atoms with van der Waals surface area (Å²) in [6.07, 6.45) is 3.42. The van der Waals surface area contributed by atoms with Crippen LogP contribution >= 0.6 is 11.3 Å². The number of benzene rings is 1. The number of pyridine rings is 1. The highest BCUT2D eigenvalue weighted by molar-refractivity contribution is 7.18. The Kier molecular flexibility index (Phi) is 4.95. The monoisotopic (exact) mass is 327 g/mol. The number of aromatic nitrogens is 2. The van der Waals surface area contributed by atoms with E-state index in [0.717, 1.165) is 20.8 Å². The van der Waals surface area contributed by atoms with Gasteiger partial charge in [-0.15, -0.1) is 11.3 Å². The molecule has 0 spiro atoms. The van der Waals surface area contributed by atoms with Crippen molar-refractivity contribution in [3.8, 4) is 0 Å². The van der Waals surface area contributed by atoms with Crippen molar-refractivity contribution < 1.29 is 9.53 Å². The molecule has 0 saturated carbocycles. The van der Waals surface area contributed by atoms with E-state index in [9.17, 15) is 4.79 Å². The predicted molar refractivity (Wildman–Crippen MR) is 90.1 cm³/mol. The van der Waals surface area contributed by atoms with E-state index in [1.54, 1.807) is 23.7 Å². The Hall–Kier alpha value is -2.31. The predicted octanol–water partition coefficient (Wildman–Crippen LogP) is 3.09. The molecule has 0 radical (unpaired) electrons. The number of hydrogen-bond acceptors (Lipinski definition) is 5. The van der Waals surface area contributed by atoms with Gasteiger partial charge in [0.25, 0.3) is 0 Å². The number of rotatable bonds is 6. The first-order valence-electron chi connectivity index (χ1n) is 7.34. The lowest BCUT2D eigenvalue weighted by Gasteiger charge is -2.13. The zero-order valence-corrected chi connectivity index (χ0v) is 13.5. The molecule has 3 rings (SSSR count). The minimum absolute atomic E-state index is 0.0192. The zero-order chi connectivity index (χ0) is 16.1. The van der Waals surface area contributed by atoms with Gasteiger partial charge < -0.3 is 10.1 Å². The molecule has 0 aliphatic rings. The molecular weight excluding hydrogens is 310 g/mol. The number of amides is 1. The van der Waals surface area contributed by atoms with Gasteiger partial charge in [-0.2, -0.15) is 0 Å². The summed E-state index contributed by atoms with van der Waals surface area (Å²) in [5, 5.41) is 3.78. The van der Waals surface area contributed by atoms with Gasteiger partial charge in [-0.3, -0.25) is 9.78 Å². The van der Waals surface area contributed by atoms with Crippen molar-refractivity contribution in [3.05, 3.63) is 59.4 Å². The van der Waals surface area contributed by atoms with Gasteiger partial charge in [0.05, 0.1) is 22.9 Å². The van der Waals surface area contributed by atoms with Crippen molar-refractivity contribution >= 4 is 27.5 Å². The van der Waals surface area contributed by atoms with Gasteiger partial charge >= 0.3 is 0 Å². The summed E-state index contributed by atoms with van der Waals surface area (Å²) in [5.74, 6) is -0.143. The van der Waals surface area contributed by atoms with Crippen LogP contribution in [0.4, 0.5) is 0 Å². The quantitative estimate of drug-likeness (QED) is 0.755. The van der Waals surface area contributed by atoms with Crippen LogP contribution in [0, 0.1) is 0 Å². The Labute approximate surface area is 138 Å². The highest BCUT2D eigenvalue weighted by Crippen LogP contribution is 2.21. The zero-order valence-electron chi connectivity index (χ0n) is 12.7. The molecule has 2 aromatic heterocycles. The van der Waals surface area contributed by atoms with Crippen LogP contribution in [0.3, 0.4) is 0 Å². The van der Waals surface area contributed by atoms with E-state index in [1.165, 1.54) is 0 Å². The maximum atomic E-state index is 11.9. The Morgan fingerprint density at radius 1 is 1.26 bits per heavy atom. The summed E-state index contributed by atoms with van der Waals surface area (Å²) in [4.78, 5) is 20.4. The molecule has 0 aliphatic heterocycles. The average molecular weight is 327 g/mol. The molecule has 1 N–H and O–H groups in total. The summed E-state index contributed by atoms with van der Waals surface area (Å²) >= 11 is 1.58. The van der Waals surface area contributed by atoms with Crippen molar-refractivity contribution in [1.29, 1.82) is 0 Å². The van der Waals surface area contributed by atoms with Gasteiger partial charge in [-0.25, -0.2) is 4.98 Å². The average Bonchev–Trinajstić information content (AvgIpc) is 2.98. The molecule has 0 saturated heterocycles. The number of ether oxygens (including phenoxy) is 1.